The van der Waals surface area contributed by atoms with Crippen LogP contribution >= 0.6 is 11.6 Å². The molecule has 3 aromatic carbocycles. The van der Waals surface area contributed by atoms with Crippen molar-refractivity contribution in [2.45, 2.75) is 56.9 Å². The first-order chi connectivity index (χ1) is 24.0. The molecule has 1 heterocycles. The number of primary sulfonamides is 1. The summed E-state index contributed by atoms with van der Waals surface area (Å²) in [5.41, 5.74) is 4.55. The van der Waals surface area contributed by atoms with Gasteiger partial charge in [-0.2, -0.15) is 0 Å². The Balaban J connectivity index is 1.26. The third-order valence-corrected chi connectivity index (χ3v) is 11.7. The zero-order chi connectivity index (χ0) is 35.5. The van der Waals surface area contributed by atoms with Gasteiger partial charge in [0.15, 0.2) is 0 Å². The van der Waals surface area contributed by atoms with Crippen molar-refractivity contribution in [2.75, 3.05) is 51.1 Å². The number of esters is 1. The van der Waals surface area contributed by atoms with Gasteiger partial charge >= 0.3 is 5.97 Å². The van der Waals surface area contributed by atoms with Crippen LogP contribution in [0.4, 0.5) is 5.69 Å². The number of carbonyl (C=O) groups is 2. The summed E-state index contributed by atoms with van der Waals surface area (Å²) in [6.45, 7) is 2.92. The molecule has 50 heavy (non-hydrogen) atoms. The third kappa shape index (κ3) is 8.22. The van der Waals surface area contributed by atoms with E-state index in [0.717, 1.165) is 66.4 Å². The van der Waals surface area contributed by atoms with Gasteiger partial charge in [0.2, 0.25) is 15.9 Å². The first kappa shape index (κ1) is 36.0. The van der Waals surface area contributed by atoms with Crippen molar-refractivity contribution in [3.05, 3.63) is 87.9 Å². The van der Waals surface area contributed by atoms with Gasteiger partial charge in [-0.1, -0.05) is 29.8 Å². The van der Waals surface area contributed by atoms with Crippen LogP contribution in [0.2, 0.25) is 5.02 Å². The Hall–Kier alpha value is -3.80. The lowest BCUT2D eigenvalue weighted by Crippen LogP contribution is -2.50. The maximum Gasteiger partial charge on any atom is 0.337 e. The highest BCUT2D eigenvalue weighted by Crippen LogP contribution is 2.46. The zero-order valence-corrected chi connectivity index (χ0v) is 30.3. The molecule has 3 aromatic rings. The number of benzene rings is 3. The Labute approximate surface area is 299 Å². The fourth-order valence-corrected chi connectivity index (χ4v) is 8.57. The minimum atomic E-state index is -3.66. The predicted octanol–water partition coefficient (Wildman–Crippen LogP) is 5.73. The fraction of sp³-hybridized carbons (Fsp3) is 0.474. The Morgan fingerprint density at radius 2 is 1.84 bits per heavy atom. The van der Waals surface area contributed by atoms with Crippen molar-refractivity contribution < 1.29 is 32.2 Å². The number of anilines is 1. The average molecular weight is 724 g/mol. The maximum atomic E-state index is 13.6. The van der Waals surface area contributed by atoms with E-state index in [-0.39, 0.29) is 41.8 Å². The van der Waals surface area contributed by atoms with Crippen LogP contribution in [0.25, 0.3) is 0 Å². The summed E-state index contributed by atoms with van der Waals surface area (Å²) in [6, 6.07) is 19.3. The topological polar surface area (TPSA) is 128 Å². The van der Waals surface area contributed by atoms with Crippen LogP contribution in [0.5, 0.6) is 11.5 Å². The molecular weight excluding hydrogens is 678 g/mol. The van der Waals surface area contributed by atoms with E-state index in [4.69, 9.17) is 31.0 Å². The summed E-state index contributed by atoms with van der Waals surface area (Å²) in [6.07, 6.45) is 5.21. The molecular formula is C38H46ClN3O7S. The largest absolute Gasteiger partial charge is 0.497 e. The number of sulfonamides is 1. The number of aryl methyl sites for hydroxylation is 1. The molecule has 0 aromatic heterocycles. The van der Waals surface area contributed by atoms with Crippen LogP contribution in [0.1, 0.15) is 65.6 Å². The van der Waals surface area contributed by atoms with Crippen LogP contribution in [0.3, 0.4) is 0 Å². The van der Waals surface area contributed by atoms with Gasteiger partial charge in [-0.3, -0.25) is 4.79 Å². The molecule has 1 amide bonds. The number of ether oxygens (including phenoxy) is 3. The van der Waals surface area contributed by atoms with Crippen molar-refractivity contribution in [1.82, 2.24) is 4.90 Å². The first-order valence-electron chi connectivity index (χ1n) is 17.3. The number of amides is 1. The number of nitrogens with two attached hydrogens (primary N) is 1. The molecule has 0 radical (unpaired) electrons. The quantitative estimate of drug-likeness (QED) is 0.235. The lowest BCUT2D eigenvalue weighted by Gasteiger charge is -2.45. The van der Waals surface area contributed by atoms with Gasteiger partial charge in [-0.15, -0.1) is 0 Å². The summed E-state index contributed by atoms with van der Waals surface area (Å²) in [4.78, 5) is 30.5. The monoisotopic (exact) mass is 723 g/mol. The molecule has 10 nitrogen and oxygen atoms in total. The summed E-state index contributed by atoms with van der Waals surface area (Å²) in [5, 5.41) is 5.95. The zero-order valence-electron chi connectivity index (χ0n) is 28.7. The molecule has 1 aliphatic heterocycles. The molecule has 1 unspecified atom stereocenters. The number of hydrogen-bond donors (Lipinski definition) is 1. The minimum Gasteiger partial charge on any atom is -0.497 e. The second kappa shape index (κ2) is 15.2. The number of rotatable bonds is 12. The normalized spacial score (nSPS) is 21.2. The van der Waals surface area contributed by atoms with Crippen molar-refractivity contribution in [1.29, 1.82) is 0 Å². The molecule has 1 spiro atoms. The maximum absolute atomic E-state index is 13.6. The molecule has 12 heteroatoms. The second-order valence-electron chi connectivity index (χ2n) is 14.0. The standard InChI is InChI=1S/C38H46ClN3O7S/c1-47-32-13-7-26(8-14-32)21-41(36(43)6-4-18-50(40,45)46)22-29-9-10-30(29)23-42-24-38(17-3-5-27-19-31(39)12-15-33(27)38)25-49-35-16-11-28(20-34(35)42)37(44)48-2/h7-8,11-16,19-20,29-30H,3-6,9-10,17-18,21-25H2,1-2H3,(H2,40,45,46)/t29-,30?,38-/m0/s1. The lowest BCUT2D eigenvalue weighted by molar-refractivity contribution is -0.133. The van der Waals surface area contributed by atoms with Gasteiger partial charge in [-0.05, 0) is 110 Å². The summed E-state index contributed by atoms with van der Waals surface area (Å²) >= 11 is 6.43. The minimum absolute atomic E-state index is 0.0946. The van der Waals surface area contributed by atoms with Gasteiger partial charge < -0.3 is 24.0 Å². The van der Waals surface area contributed by atoms with E-state index < -0.39 is 16.0 Å². The van der Waals surface area contributed by atoms with Gasteiger partial charge in [0, 0.05) is 43.0 Å². The Morgan fingerprint density at radius 1 is 1.06 bits per heavy atom. The molecule has 6 rings (SSSR count). The first-order valence-corrected chi connectivity index (χ1v) is 19.4. The van der Waals surface area contributed by atoms with Crippen molar-refractivity contribution in [2.24, 2.45) is 17.0 Å². The van der Waals surface area contributed by atoms with E-state index in [2.05, 4.69) is 17.0 Å². The number of carbonyl (C=O) groups excluding carboxylic acids is 2. The number of methoxy groups -OCH3 is 2. The number of halogens is 1. The molecule has 0 bridgehead atoms. The van der Waals surface area contributed by atoms with Crippen LogP contribution < -0.4 is 19.5 Å². The van der Waals surface area contributed by atoms with Crippen LogP contribution in [0, 0.1) is 11.8 Å². The smallest absolute Gasteiger partial charge is 0.337 e. The van der Waals surface area contributed by atoms with Crippen LogP contribution in [-0.2, 0) is 37.9 Å². The van der Waals surface area contributed by atoms with Gasteiger partial charge in [0.1, 0.15) is 11.5 Å². The summed E-state index contributed by atoms with van der Waals surface area (Å²) in [7, 11) is -0.663. The van der Waals surface area contributed by atoms with Crippen LogP contribution in [0.15, 0.2) is 60.7 Å². The van der Waals surface area contributed by atoms with Crippen molar-refractivity contribution >= 4 is 39.2 Å². The molecule has 268 valence electrons. The van der Waals surface area contributed by atoms with Gasteiger partial charge in [0.25, 0.3) is 0 Å². The number of hydrogen-bond acceptors (Lipinski definition) is 8. The average Bonchev–Trinajstić information content (AvgIpc) is 3.24. The Morgan fingerprint density at radius 3 is 2.54 bits per heavy atom. The van der Waals surface area contributed by atoms with Crippen molar-refractivity contribution in [3.63, 3.8) is 0 Å². The Kier molecular flexibility index (Phi) is 11.0. The highest BCUT2D eigenvalue weighted by atomic mass is 35.5. The highest BCUT2D eigenvalue weighted by Gasteiger charge is 2.43. The van der Waals surface area contributed by atoms with Crippen molar-refractivity contribution in [3.8, 4) is 11.5 Å². The molecule has 1 fully saturated rings. The molecule has 3 aliphatic rings. The summed E-state index contributed by atoms with van der Waals surface area (Å²) in [5.74, 6) is 1.25. The molecule has 1 saturated carbocycles. The van der Waals surface area contributed by atoms with Gasteiger partial charge in [0.05, 0.1) is 37.8 Å². The Bertz CT molecular complexity index is 1820. The van der Waals surface area contributed by atoms with E-state index in [1.807, 2.05) is 47.4 Å². The lowest BCUT2D eigenvalue weighted by atomic mass is 9.69. The van der Waals surface area contributed by atoms with Crippen LogP contribution in [-0.4, -0.2) is 71.4 Å². The van der Waals surface area contributed by atoms with E-state index in [1.165, 1.54) is 18.2 Å². The molecule has 2 aliphatic carbocycles. The SMILES string of the molecule is COC(=O)c1ccc2c(c1)N(CC1CC[C@H]1CN(Cc1ccc(OC)cc1)C(=O)CCCS(N)(=O)=O)C[C@@]1(CCCc3cc(Cl)ccc31)CO2. The van der Waals surface area contributed by atoms with E-state index in [1.54, 1.807) is 13.2 Å². The van der Waals surface area contributed by atoms with E-state index in [9.17, 15) is 18.0 Å². The van der Waals surface area contributed by atoms with E-state index >= 15 is 0 Å². The number of nitrogens with zero attached hydrogens (tertiary/aromatic N) is 2. The third-order valence-electron chi connectivity index (χ3n) is 10.6. The number of fused-ring (bicyclic) bond motifs is 3. The molecule has 0 saturated heterocycles. The van der Waals surface area contributed by atoms with Gasteiger partial charge in [-0.25, -0.2) is 18.4 Å². The fourth-order valence-electron chi connectivity index (χ4n) is 7.83. The van der Waals surface area contributed by atoms with E-state index in [0.29, 0.717) is 31.8 Å². The highest BCUT2D eigenvalue weighted by molar-refractivity contribution is 7.89. The predicted molar refractivity (Wildman–Crippen MR) is 193 cm³/mol. The molecule has 3 atom stereocenters. The molecule has 2 N–H and O–H groups in total. The summed E-state index contributed by atoms with van der Waals surface area (Å²) < 4.78 is 40.1. The second-order valence-corrected chi connectivity index (χ2v) is 16.1.